The van der Waals surface area contributed by atoms with Crippen LogP contribution in [0.3, 0.4) is 0 Å². The second-order valence-electron chi connectivity index (χ2n) is 3.85. The Morgan fingerprint density at radius 3 is 2.29 bits per heavy atom. The summed E-state index contributed by atoms with van der Waals surface area (Å²) in [5.41, 5.74) is 3.36. The van der Waals surface area contributed by atoms with Gasteiger partial charge in [-0.3, -0.25) is 0 Å². The molecule has 0 aliphatic rings. The van der Waals surface area contributed by atoms with Gasteiger partial charge < -0.3 is 5.32 Å². The first kappa shape index (κ1) is 12.4. The normalized spacial score (nSPS) is 10.5. The van der Waals surface area contributed by atoms with E-state index in [2.05, 4.69) is 29.6 Å². The van der Waals surface area contributed by atoms with Crippen LogP contribution in [0.1, 0.15) is 5.56 Å². The van der Waals surface area contributed by atoms with Gasteiger partial charge in [-0.1, -0.05) is 53.5 Å². The lowest BCUT2D eigenvalue weighted by Crippen LogP contribution is -2.04. The number of halogens is 2. The molecule has 2 rings (SSSR count). The molecule has 3 heteroatoms. The first-order chi connectivity index (χ1) is 8.20. The molecule has 2 aromatic rings. The van der Waals surface area contributed by atoms with Gasteiger partial charge in [0.15, 0.2) is 0 Å². The average Bonchev–Trinajstić information content (AvgIpc) is 2.31. The van der Waals surface area contributed by atoms with Crippen molar-refractivity contribution in [3.8, 4) is 11.1 Å². The first-order valence-electron chi connectivity index (χ1n) is 5.39. The summed E-state index contributed by atoms with van der Waals surface area (Å²) in [4.78, 5) is 0. The van der Waals surface area contributed by atoms with Crippen LogP contribution >= 0.6 is 23.2 Å². The maximum absolute atomic E-state index is 6.17. The summed E-state index contributed by atoms with van der Waals surface area (Å²) >= 11 is 12.0. The minimum absolute atomic E-state index is 0.658. The van der Waals surface area contributed by atoms with E-state index < -0.39 is 0 Å². The maximum atomic E-state index is 6.17. The van der Waals surface area contributed by atoms with Gasteiger partial charge in [0, 0.05) is 22.2 Å². The molecule has 0 aliphatic heterocycles. The van der Waals surface area contributed by atoms with Crippen LogP contribution in [0.15, 0.2) is 42.5 Å². The standard InChI is InChI=1S/C14H13Cl2N/c1-17-9-10-2-4-11(5-3-10)13-7-6-12(15)8-14(13)16/h2-8,17H,9H2,1H3. The fourth-order valence-corrected chi connectivity index (χ4v) is 2.25. The van der Waals surface area contributed by atoms with Crippen LogP contribution in [0.25, 0.3) is 11.1 Å². The third kappa shape index (κ3) is 3.01. The summed E-state index contributed by atoms with van der Waals surface area (Å²) in [5, 5.41) is 4.46. The lowest BCUT2D eigenvalue weighted by Gasteiger charge is -2.06. The molecule has 0 amide bonds. The first-order valence-corrected chi connectivity index (χ1v) is 6.15. The lowest BCUT2D eigenvalue weighted by molar-refractivity contribution is 0.818. The fourth-order valence-electron chi connectivity index (χ4n) is 1.73. The summed E-state index contributed by atoms with van der Waals surface area (Å²) in [6, 6.07) is 13.9. The molecule has 0 radical (unpaired) electrons. The Morgan fingerprint density at radius 2 is 1.71 bits per heavy atom. The van der Waals surface area contributed by atoms with Crippen molar-refractivity contribution in [2.24, 2.45) is 0 Å². The summed E-state index contributed by atoms with van der Waals surface area (Å²) in [6.07, 6.45) is 0. The molecule has 0 fully saturated rings. The largest absolute Gasteiger partial charge is 0.316 e. The Bertz CT molecular complexity index is 506. The molecule has 0 heterocycles. The predicted octanol–water partition coefficient (Wildman–Crippen LogP) is 4.38. The summed E-state index contributed by atoms with van der Waals surface area (Å²) < 4.78 is 0. The number of benzene rings is 2. The average molecular weight is 266 g/mol. The second-order valence-corrected chi connectivity index (χ2v) is 4.70. The van der Waals surface area contributed by atoms with E-state index in [1.54, 1.807) is 6.07 Å². The van der Waals surface area contributed by atoms with E-state index in [1.165, 1.54) is 5.56 Å². The van der Waals surface area contributed by atoms with Crippen LogP contribution in [0.5, 0.6) is 0 Å². The highest BCUT2D eigenvalue weighted by Crippen LogP contribution is 2.30. The van der Waals surface area contributed by atoms with Crippen LogP contribution in [0.2, 0.25) is 10.0 Å². The Balaban J connectivity index is 2.33. The molecule has 0 unspecified atom stereocenters. The molecule has 0 saturated heterocycles. The van der Waals surface area contributed by atoms with Crippen molar-refractivity contribution >= 4 is 23.2 Å². The number of rotatable bonds is 3. The van der Waals surface area contributed by atoms with Crippen molar-refractivity contribution in [3.05, 3.63) is 58.1 Å². The molecule has 1 nitrogen and oxygen atoms in total. The monoisotopic (exact) mass is 265 g/mol. The molecule has 0 aliphatic carbocycles. The summed E-state index contributed by atoms with van der Waals surface area (Å²) in [5.74, 6) is 0. The zero-order chi connectivity index (χ0) is 12.3. The van der Waals surface area contributed by atoms with E-state index >= 15 is 0 Å². The Hall–Kier alpha value is -1.02. The van der Waals surface area contributed by atoms with E-state index in [9.17, 15) is 0 Å². The van der Waals surface area contributed by atoms with Crippen molar-refractivity contribution in [1.29, 1.82) is 0 Å². The molecular formula is C14H13Cl2N. The lowest BCUT2D eigenvalue weighted by atomic mass is 10.0. The summed E-state index contributed by atoms with van der Waals surface area (Å²) in [7, 11) is 1.93. The SMILES string of the molecule is CNCc1ccc(-c2ccc(Cl)cc2Cl)cc1. The molecule has 17 heavy (non-hydrogen) atoms. The van der Waals surface area contributed by atoms with Crippen molar-refractivity contribution < 1.29 is 0 Å². The third-order valence-electron chi connectivity index (χ3n) is 2.58. The highest BCUT2D eigenvalue weighted by Gasteiger charge is 2.03. The topological polar surface area (TPSA) is 12.0 Å². The Labute approximate surface area is 111 Å². The molecule has 2 aromatic carbocycles. The van der Waals surface area contributed by atoms with Crippen molar-refractivity contribution in [3.63, 3.8) is 0 Å². The highest BCUT2D eigenvalue weighted by molar-refractivity contribution is 6.36. The van der Waals surface area contributed by atoms with Gasteiger partial charge in [0.1, 0.15) is 0 Å². The van der Waals surface area contributed by atoms with Gasteiger partial charge in [0.2, 0.25) is 0 Å². The minimum Gasteiger partial charge on any atom is -0.316 e. The maximum Gasteiger partial charge on any atom is 0.0499 e. The van der Waals surface area contributed by atoms with Gasteiger partial charge >= 0.3 is 0 Å². The van der Waals surface area contributed by atoms with Crippen LogP contribution in [0.4, 0.5) is 0 Å². The zero-order valence-corrected chi connectivity index (χ0v) is 11.0. The molecule has 0 aromatic heterocycles. The van der Waals surface area contributed by atoms with Crippen LogP contribution in [-0.2, 0) is 6.54 Å². The van der Waals surface area contributed by atoms with Crippen molar-refractivity contribution in [2.45, 2.75) is 6.54 Å². The molecule has 0 bridgehead atoms. The van der Waals surface area contributed by atoms with Gasteiger partial charge in [-0.2, -0.15) is 0 Å². The number of hydrogen-bond donors (Lipinski definition) is 1. The van der Waals surface area contributed by atoms with Crippen LogP contribution in [-0.4, -0.2) is 7.05 Å². The van der Waals surface area contributed by atoms with Crippen molar-refractivity contribution in [1.82, 2.24) is 5.32 Å². The highest BCUT2D eigenvalue weighted by atomic mass is 35.5. The van der Waals surface area contributed by atoms with Gasteiger partial charge in [0.05, 0.1) is 0 Å². The van der Waals surface area contributed by atoms with E-state index in [1.807, 2.05) is 19.2 Å². The molecule has 0 spiro atoms. The molecular weight excluding hydrogens is 253 g/mol. The van der Waals surface area contributed by atoms with Gasteiger partial charge in [-0.05, 0) is 30.3 Å². The Morgan fingerprint density at radius 1 is 1.00 bits per heavy atom. The van der Waals surface area contributed by atoms with E-state index in [4.69, 9.17) is 23.2 Å². The van der Waals surface area contributed by atoms with Crippen LogP contribution < -0.4 is 5.32 Å². The zero-order valence-electron chi connectivity index (χ0n) is 9.50. The Kier molecular flexibility index (Phi) is 4.06. The van der Waals surface area contributed by atoms with Crippen LogP contribution in [0, 0.1) is 0 Å². The molecule has 0 atom stereocenters. The van der Waals surface area contributed by atoms with E-state index in [0.29, 0.717) is 10.0 Å². The quantitative estimate of drug-likeness (QED) is 0.869. The smallest absolute Gasteiger partial charge is 0.0499 e. The van der Waals surface area contributed by atoms with Gasteiger partial charge in [-0.25, -0.2) is 0 Å². The van der Waals surface area contributed by atoms with E-state index in [-0.39, 0.29) is 0 Å². The number of hydrogen-bond acceptors (Lipinski definition) is 1. The summed E-state index contributed by atoms with van der Waals surface area (Å²) in [6.45, 7) is 0.870. The third-order valence-corrected chi connectivity index (χ3v) is 3.12. The second kappa shape index (κ2) is 5.54. The molecule has 1 N–H and O–H groups in total. The molecule has 88 valence electrons. The predicted molar refractivity (Wildman–Crippen MR) is 74.7 cm³/mol. The van der Waals surface area contributed by atoms with Crippen molar-refractivity contribution in [2.75, 3.05) is 7.05 Å². The molecule has 0 saturated carbocycles. The van der Waals surface area contributed by atoms with E-state index in [0.717, 1.165) is 17.7 Å². The number of nitrogens with one attached hydrogen (secondary N) is 1. The minimum atomic E-state index is 0.658. The van der Waals surface area contributed by atoms with Gasteiger partial charge in [0.25, 0.3) is 0 Å². The van der Waals surface area contributed by atoms with Gasteiger partial charge in [-0.15, -0.1) is 0 Å². The fraction of sp³-hybridized carbons (Fsp3) is 0.143.